The molecule has 0 bridgehead atoms. The molecule has 130 valence electrons. The number of carbonyl (C=O) groups excluding carboxylic acids is 2. The highest BCUT2D eigenvalue weighted by atomic mass is 16.2. The van der Waals surface area contributed by atoms with Gasteiger partial charge in [0.1, 0.15) is 0 Å². The third kappa shape index (κ3) is 3.64. The first kappa shape index (κ1) is 16.1. The highest BCUT2D eigenvalue weighted by molar-refractivity contribution is 6.05. The molecule has 1 saturated carbocycles. The summed E-state index contributed by atoms with van der Waals surface area (Å²) in [4.78, 5) is 24.4. The first-order chi connectivity index (χ1) is 12.7. The Balaban J connectivity index is 1.48. The molecular weight excluding hydrogens is 328 g/mol. The molecule has 0 saturated heterocycles. The number of nitrogens with one attached hydrogen (secondary N) is 2. The molecule has 0 aliphatic heterocycles. The minimum atomic E-state index is -0.218. The summed E-state index contributed by atoms with van der Waals surface area (Å²) in [6, 6.07) is 16.2. The van der Waals surface area contributed by atoms with E-state index in [-0.39, 0.29) is 17.7 Å². The first-order valence-electron chi connectivity index (χ1n) is 8.51. The number of carbonyl (C=O) groups is 2. The van der Waals surface area contributed by atoms with Crippen LogP contribution in [-0.2, 0) is 4.79 Å². The van der Waals surface area contributed by atoms with Gasteiger partial charge in [-0.3, -0.25) is 9.59 Å². The van der Waals surface area contributed by atoms with Crippen LogP contribution in [-0.4, -0.2) is 21.6 Å². The van der Waals surface area contributed by atoms with Crippen molar-refractivity contribution in [3.05, 3.63) is 72.6 Å². The van der Waals surface area contributed by atoms with Gasteiger partial charge in [0.05, 0.1) is 5.69 Å². The molecule has 4 rings (SSSR count). The lowest BCUT2D eigenvalue weighted by molar-refractivity contribution is -0.117. The Kier molecular flexibility index (Phi) is 4.23. The molecular formula is C20H18N4O2. The minimum absolute atomic E-state index is 0.0420. The number of nitrogens with zero attached hydrogens (tertiary/aromatic N) is 2. The number of rotatable bonds is 5. The van der Waals surface area contributed by atoms with Crippen LogP contribution in [0.25, 0.3) is 5.69 Å². The smallest absolute Gasteiger partial charge is 0.255 e. The van der Waals surface area contributed by atoms with Gasteiger partial charge in [-0.2, -0.15) is 5.10 Å². The van der Waals surface area contributed by atoms with Crippen molar-refractivity contribution in [2.75, 3.05) is 10.6 Å². The van der Waals surface area contributed by atoms with E-state index in [1.165, 1.54) is 0 Å². The van der Waals surface area contributed by atoms with Crippen molar-refractivity contribution in [2.45, 2.75) is 12.8 Å². The predicted molar refractivity (Wildman–Crippen MR) is 99.3 cm³/mol. The molecule has 1 aliphatic rings. The topological polar surface area (TPSA) is 76.0 Å². The fourth-order valence-electron chi connectivity index (χ4n) is 2.68. The van der Waals surface area contributed by atoms with Crippen LogP contribution in [0.15, 0.2) is 67.0 Å². The molecule has 1 aromatic heterocycles. The molecule has 0 atom stereocenters. The quantitative estimate of drug-likeness (QED) is 0.743. The zero-order valence-electron chi connectivity index (χ0n) is 14.1. The molecule has 26 heavy (non-hydrogen) atoms. The summed E-state index contributed by atoms with van der Waals surface area (Å²) in [6.07, 6.45) is 5.42. The highest BCUT2D eigenvalue weighted by Gasteiger charge is 2.29. The van der Waals surface area contributed by atoms with Crippen LogP contribution in [0.4, 0.5) is 11.4 Å². The molecule has 2 amide bonds. The van der Waals surface area contributed by atoms with Gasteiger partial charge in [0.25, 0.3) is 5.91 Å². The van der Waals surface area contributed by atoms with Gasteiger partial charge < -0.3 is 10.6 Å². The highest BCUT2D eigenvalue weighted by Crippen LogP contribution is 2.30. The standard InChI is InChI=1S/C20H18N4O2/c25-19(14-8-9-14)22-16-5-2-6-17(13-16)23-20(26)15-4-1-7-18(12-15)24-11-3-10-21-24/h1-7,10-14H,8-9H2,(H,22,25)(H,23,26). The Morgan fingerprint density at radius 3 is 2.46 bits per heavy atom. The van der Waals surface area contributed by atoms with Crippen LogP contribution in [0.5, 0.6) is 0 Å². The Morgan fingerprint density at radius 2 is 1.73 bits per heavy atom. The first-order valence-corrected chi connectivity index (χ1v) is 8.51. The van der Waals surface area contributed by atoms with E-state index in [2.05, 4.69) is 15.7 Å². The van der Waals surface area contributed by atoms with Gasteiger partial charge in [-0.25, -0.2) is 4.68 Å². The van der Waals surface area contributed by atoms with Crippen LogP contribution in [0.2, 0.25) is 0 Å². The molecule has 6 heteroatoms. The number of benzene rings is 2. The molecule has 0 radical (unpaired) electrons. The van der Waals surface area contributed by atoms with Crippen molar-refractivity contribution in [2.24, 2.45) is 5.92 Å². The second-order valence-corrected chi connectivity index (χ2v) is 6.30. The maximum Gasteiger partial charge on any atom is 0.255 e. The third-order valence-electron chi connectivity index (χ3n) is 4.21. The summed E-state index contributed by atoms with van der Waals surface area (Å²) in [5.74, 6) is -0.0386. The van der Waals surface area contributed by atoms with E-state index in [9.17, 15) is 9.59 Å². The van der Waals surface area contributed by atoms with E-state index in [4.69, 9.17) is 0 Å². The fraction of sp³-hybridized carbons (Fsp3) is 0.150. The fourth-order valence-corrected chi connectivity index (χ4v) is 2.68. The van der Waals surface area contributed by atoms with Crippen LogP contribution < -0.4 is 10.6 Å². The summed E-state index contributed by atoms with van der Waals surface area (Å²) in [6.45, 7) is 0. The molecule has 2 aromatic carbocycles. The van der Waals surface area contributed by atoms with E-state index in [1.807, 2.05) is 30.5 Å². The van der Waals surface area contributed by atoms with E-state index in [0.717, 1.165) is 18.5 Å². The second-order valence-electron chi connectivity index (χ2n) is 6.30. The number of amides is 2. The Hall–Kier alpha value is -3.41. The monoisotopic (exact) mass is 346 g/mol. The van der Waals surface area contributed by atoms with E-state index in [0.29, 0.717) is 16.9 Å². The van der Waals surface area contributed by atoms with Gasteiger partial charge in [0.2, 0.25) is 5.91 Å². The molecule has 0 unspecified atom stereocenters. The summed E-state index contributed by atoms with van der Waals surface area (Å²) < 4.78 is 1.70. The van der Waals surface area contributed by atoms with Crippen molar-refractivity contribution in [3.63, 3.8) is 0 Å². The molecule has 1 aliphatic carbocycles. The summed E-state index contributed by atoms with van der Waals surface area (Å²) in [5, 5.41) is 9.93. The van der Waals surface area contributed by atoms with E-state index >= 15 is 0 Å². The largest absolute Gasteiger partial charge is 0.326 e. The zero-order valence-corrected chi connectivity index (χ0v) is 14.1. The molecule has 6 nitrogen and oxygen atoms in total. The molecule has 3 aromatic rings. The summed E-state index contributed by atoms with van der Waals surface area (Å²) in [7, 11) is 0. The SMILES string of the molecule is O=C(Nc1cccc(NC(=O)C2CC2)c1)c1cccc(-n2cccn2)c1. The van der Waals surface area contributed by atoms with Gasteiger partial charge >= 0.3 is 0 Å². The normalized spacial score (nSPS) is 13.2. The van der Waals surface area contributed by atoms with Crippen LogP contribution >= 0.6 is 0 Å². The Morgan fingerprint density at radius 1 is 0.962 bits per heavy atom. The second kappa shape index (κ2) is 6.84. The van der Waals surface area contributed by atoms with E-state index < -0.39 is 0 Å². The van der Waals surface area contributed by atoms with Crippen molar-refractivity contribution in [1.82, 2.24) is 9.78 Å². The van der Waals surface area contributed by atoms with Crippen LogP contribution in [0, 0.1) is 5.92 Å². The Labute approximate surface area is 150 Å². The average molecular weight is 346 g/mol. The molecule has 0 spiro atoms. The predicted octanol–water partition coefficient (Wildman–Crippen LogP) is 3.47. The Bertz CT molecular complexity index is 946. The van der Waals surface area contributed by atoms with Crippen molar-refractivity contribution < 1.29 is 9.59 Å². The minimum Gasteiger partial charge on any atom is -0.326 e. The van der Waals surface area contributed by atoms with Gasteiger partial charge in [-0.1, -0.05) is 12.1 Å². The maximum atomic E-state index is 12.6. The number of hydrogen-bond acceptors (Lipinski definition) is 3. The van der Waals surface area contributed by atoms with Gasteiger partial charge in [-0.05, 0) is 55.3 Å². The molecule has 1 fully saturated rings. The van der Waals surface area contributed by atoms with E-state index in [1.54, 1.807) is 41.2 Å². The van der Waals surface area contributed by atoms with Crippen LogP contribution in [0.3, 0.4) is 0 Å². The lowest BCUT2D eigenvalue weighted by Crippen LogP contribution is -2.15. The van der Waals surface area contributed by atoms with Gasteiger partial charge in [0.15, 0.2) is 0 Å². The van der Waals surface area contributed by atoms with Crippen molar-refractivity contribution in [1.29, 1.82) is 0 Å². The lowest BCUT2D eigenvalue weighted by Gasteiger charge is -2.09. The van der Waals surface area contributed by atoms with Crippen LogP contribution in [0.1, 0.15) is 23.2 Å². The van der Waals surface area contributed by atoms with Gasteiger partial charge in [0, 0.05) is 35.2 Å². The van der Waals surface area contributed by atoms with Crippen molar-refractivity contribution in [3.8, 4) is 5.69 Å². The lowest BCUT2D eigenvalue weighted by atomic mass is 10.1. The van der Waals surface area contributed by atoms with Crippen molar-refractivity contribution >= 4 is 23.2 Å². The number of hydrogen-bond donors (Lipinski definition) is 2. The molecule has 1 heterocycles. The average Bonchev–Trinajstić information content (AvgIpc) is 3.37. The zero-order chi connectivity index (χ0) is 17.9. The third-order valence-corrected chi connectivity index (χ3v) is 4.21. The summed E-state index contributed by atoms with van der Waals surface area (Å²) >= 11 is 0. The summed E-state index contributed by atoms with van der Waals surface area (Å²) in [5.41, 5.74) is 2.66. The number of anilines is 2. The van der Waals surface area contributed by atoms with Gasteiger partial charge in [-0.15, -0.1) is 0 Å². The number of aromatic nitrogens is 2. The molecule has 2 N–H and O–H groups in total. The maximum absolute atomic E-state index is 12.6.